The molecule has 5 atom stereocenters. The molecule has 0 bridgehead atoms. The molecular weight excluding hydrogens is 1160 g/mol. The van der Waals surface area contributed by atoms with Gasteiger partial charge in [0.15, 0.2) is 0 Å². The van der Waals surface area contributed by atoms with E-state index in [1.807, 2.05) is 12.2 Å². The van der Waals surface area contributed by atoms with E-state index < -0.39 is 0 Å². The second-order valence-electron chi connectivity index (χ2n) is 27.5. The first-order valence-electron chi connectivity index (χ1n) is 35.8. The average molecular weight is 1250 g/mol. The Morgan fingerprint density at radius 1 is 0.479 bits per heavy atom. The van der Waals surface area contributed by atoms with Crippen molar-refractivity contribution in [1.82, 2.24) is 0 Å². The van der Waals surface area contributed by atoms with E-state index in [-0.39, 0.29) is 16.7 Å². The molecule has 96 heavy (non-hydrogen) atoms. The number of hydrogen-bond acceptors (Lipinski definition) is 3. The lowest BCUT2D eigenvalue weighted by atomic mass is 9.67. The monoisotopic (exact) mass is 1250 g/mol. The topological polar surface area (TPSA) is 15.7 Å². The van der Waals surface area contributed by atoms with Crippen LogP contribution in [0.3, 0.4) is 0 Å². The summed E-state index contributed by atoms with van der Waals surface area (Å²) < 4.78 is 6.24. The van der Waals surface area contributed by atoms with E-state index in [0.29, 0.717) is 11.8 Å². The Morgan fingerprint density at radius 2 is 1.04 bits per heavy atom. The van der Waals surface area contributed by atoms with E-state index in [1.54, 1.807) is 0 Å². The highest BCUT2D eigenvalue weighted by Gasteiger charge is 2.48. The summed E-state index contributed by atoms with van der Waals surface area (Å²) in [5.74, 6) is 2.11. The predicted molar refractivity (Wildman–Crippen MR) is 407 cm³/mol. The van der Waals surface area contributed by atoms with Crippen molar-refractivity contribution in [3.05, 3.63) is 359 Å². The molecule has 480 valence electrons. The van der Waals surface area contributed by atoms with Crippen molar-refractivity contribution in [2.45, 2.75) is 121 Å². The van der Waals surface area contributed by atoms with Gasteiger partial charge in [0, 0.05) is 45.0 Å². The smallest absolute Gasteiger partial charge is 0.115 e. The van der Waals surface area contributed by atoms with E-state index in [9.17, 15) is 0 Å². The van der Waals surface area contributed by atoms with Gasteiger partial charge in [-0.3, -0.25) is 0 Å². The number of anilines is 5. The third kappa shape index (κ3) is 12.7. The minimum absolute atomic E-state index is 0.265. The van der Waals surface area contributed by atoms with E-state index in [1.165, 1.54) is 126 Å². The van der Waals surface area contributed by atoms with Gasteiger partial charge in [-0.25, -0.2) is 0 Å². The zero-order valence-electron chi connectivity index (χ0n) is 56.4. The van der Waals surface area contributed by atoms with Crippen molar-refractivity contribution in [3.63, 3.8) is 0 Å². The zero-order chi connectivity index (χ0) is 65.3. The molecule has 0 spiro atoms. The fourth-order valence-electron chi connectivity index (χ4n) is 16.7. The maximum absolute atomic E-state index is 6.24. The number of hydrogen-bond donors (Lipinski definition) is 0. The molecule has 0 saturated heterocycles. The molecule has 0 fully saturated rings. The predicted octanol–water partition coefficient (Wildman–Crippen LogP) is 25.1. The molecule has 0 amide bonds. The first kappa shape index (κ1) is 63.7. The summed E-state index contributed by atoms with van der Waals surface area (Å²) in [4.78, 5) is 5.03. The molecular formula is C93H92N2O. The normalized spacial score (nSPS) is 19.7. The number of ether oxygens (including phenoxy) is 1. The third-order valence-corrected chi connectivity index (χ3v) is 21.6. The van der Waals surface area contributed by atoms with Crippen LogP contribution < -0.4 is 9.80 Å². The van der Waals surface area contributed by atoms with Crippen molar-refractivity contribution in [3.8, 4) is 11.1 Å². The fourth-order valence-corrected chi connectivity index (χ4v) is 16.7. The Labute approximate surface area is 572 Å². The molecule has 14 rings (SSSR count). The minimum Gasteiger partial charge on any atom is -0.494 e. The van der Waals surface area contributed by atoms with Crippen LogP contribution in [-0.2, 0) is 22.0 Å². The summed E-state index contributed by atoms with van der Waals surface area (Å²) in [6.07, 6.45) is 36.9. The van der Waals surface area contributed by atoms with E-state index in [0.717, 1.165) is 94.4 Å². The molecule has 3 heteroatoms. The number of unbranched alkanes of at least 4 members (excludes halogenated alkanes) is 7. The maximum atomic E-state index is 6.24. The number of allylic oxidation sites excluding steroid dienone is 12. The number of aryl methyl sites for hydroxylation is 1. The van der Waals surface area contributed by atoms with Gasteiger partial charge in [-0.1, -0.05) is 272 Å². The van der Waals surface area contributed by atoms with Crippen molar-refractivity contribution in [2.75, 3.05) is 16.4 Å². The Morgan fingerprint density at radius 3 is 1.71 bits per heavy atom. The largest absolute Gasteiger partial charge is 0.494 e. The molecule has 0 heterocycles. The highest BCUT2D eigenvalue weighted by molar-refractivity contribution is 5.90. The van der Waals surface area contributed by atoms with Crippen molar-refractivity contribution in [2.24, 2.45) is 17.8 Å². The highest BCUT2D eigenvalue weighted by atomic mass is 16.5. The Balaban J connectivity index is 0.748. The fraction of sp³-hybridized carbons (Fsp3) is 0.247. The lowest BCUT2D eigenvalue weighted by Gasteiger charge is -2.37. The van der Waals surface area contributed by atoms with Gasteiger partial charge in [0.2, 0.25) is 0 Å². The number of rotatable bonds is 27. The quantitative estimate of drug-likeness (QED) is 0.0377. The molecule has 3 nitrogen and oxygen atoms in total. The van der Waals surface area contributed by atoms with Gasteiger partial charge in [0.05, 0.1) is 6.61 Å². The van der Waals surface area contributed by atoms with Gasteiger partial charge < -0.3 is 14.5 Å². The van der Waals surface area contributed by atoms with E-state index >= 15 is 0 Å². The van der Waals surface area contributed by atoms with Crippen molar-refractivity contribution in [1.29, 1.82) is 0 Å². The van der Waals surface area contributed by atoms with Crippen LogP contribution in [-0.4, -0.2) is 6.61 Å². The van der Waals surface area contributed by atoms with Gasteiger partial charge in [-0.05, 0) is 226 Å². The molecule has 5 aliphatic rings. The number of fused-ring (bicyclic) bond motifs is 5. The Bertz CT molecular complexity index is 4390. The van der Waals surface area contributed by atoms with Gasteiger partial charge in [0.25, 0.3) is 0 Å². The third-order valence-electron chi connectivity index (χ3n) is 21.6. The summed E-state index contributed by atoms with van der Waals surface area (Å²) in [5, 5.41) is 0. The molecule has 0 radical (unpaired) electrons. The zero-order valence-corrected chi connectivity index (χ0v) is 56.4. The van der Waals surface area contributed by atoms with Crippen LogP contribution in [0.5, 0.6) is 0 Å². The van der Waals surface area contributed by atoms with Gasteiger partial charge >= 0.3 is 0 Å². The van der Waals surface area contributed by atoms with Crippen LogP contribution in [0.4, 0.5) is 28.4 Å². The SMILES string of the molecule is C=Cc1ccc(CCCCCCCC2(c3ccccc3)c3ccccc3-c3ccc(N(c4ccccc4)c4ccc(C5=CC=C(N(c6ccccc6)c6ccc7c(c6)C(CCCCCCOC6=CCC(C=C)C=C6)(c6ccccc6)C6=C7C(C)CC=C6)CC5C)cc4)cc32)cc1. The van der Waals surface area contributed by atoms with Crippen molar-refractivity contribution < 1.29 is 4.74 Å². The second kappa shape index (κ2) is 29.1. The Hall–Kier alpha value is -9.70. The van der Waals surface area contributed by atoms with E-state index in [4.69, 9.17) is 4.74 Å². The summed E-state index contributed by atoms with van der Waals surface area (Å²) in [7, 11) is 0. The standard InChI is InChI=1S/C93H92N2O/c1-5-70-44-46-72(47-45-70)32-16-8-7-9-27-62-92(74-33-17-12-18-34-74)87-42-26-25-41-84(87)85-60-55-80(66-89(85)92)94(76-37-21-14-22-38-76)78-52-50-73(51-53-78)83-59-54-79(65-69(83)4)95(77-39-23-15-24-40-77)81-56-61-86-90(67-81)93(75-35-19-13-20-36-75,88-43-30-31-68(3)91(86)88)63-28-10-11-29-64-96-82-57-48-71(6-2)49-58-82/h5-6,12-15,17-26,30,33-48,50-61,66-69,71H,1-2,7-11,16,27-29,31-32,49,62-65H2,3-4H3. The molecule has 0 aliphatic heterocycles. The molecule has 0 aromatic heterocycles. The summed E-state index contributed by atoms with van der Waals surface area (Å²) in [6, 6.07) is 87.3. The number of para-hydroxylation sites is 2. The van der Waals surface area contributed by atoms with Crippen LogP contribution in [0, 0.1) is 17.8 Å². The molecule has 5 aliphatic carbocycles. The summed E-state index contributed by atoms with van der Waals surface area (Å²) in [5.41, 5.74) is 26.0. The van der Waals surface area contributed by atoms with Gasteiger partial charge in [-0.2, -0.15) is 0 Å². The lowest BCUT2D eigenvalue weighted by Crippen LogP contribution is -2.29. The van der Waals surface area contributed by atoms with Crippen LogP contribution >= 0.6 is 0 Å². The van der Waals surface area contributed by atoms with Gasteiger partial charge in [0.1, 0.15) is 5.76 Å². The van der Waals surface area contributed by atoms with Crippen LogP contribution in [0.1, 0.15) is 154 Å². The van der Waals surface area contributed by atoms with Gasteiger partial charge in [-0.15, -0.1) is 6.58 Å². The molecule has 9 aromatic rings. The molecule has 9 aromatic carbocycles. The summed E-state index contributed by atoms with van der Waals surface area (Å²) in [6.45, 7) is 13.5. The Kier molecular flexibility index (Phi) is 19.3. The first-order chi connectivity index (χ1) is 47.3. The molecule has 5 unspecified atom stereocenters. The number of nitrogens with zero attached hydrogens (tertiary/aromatic N) is 2. The number of benzene rings is 9. The van der Waals surface area contributed by atoms with Crippen LogP contribution in [0.15, 0.2) is 309 Å². The maximum Gasteiger partial charge on any atom is 0.115 e. The summed E-state index contributed by atoms with van der Waals surface area (Å²) >= 11 is 0. The molecule has 0 N–H and O–H groups in total. The van der Waals surface area contributed by atoms with Crippen LogP contribution in [0.25, 0.3) is 28.3 Å². The average Bonchev–Trinajstić information content (AvgIpc) is 1.55. The van der Waals surface area contributed by atoms with E-state index in [2.05, 4.69) is 310 Å². The first-order valence-corrected chi connectivity index (χ1v) is 35.8. The van der Waals surface area contributed by atoms with Crippen molar-refractivity contribution >= 4 is 45.7 Å². The lowest BCUT2D eigenvalue weighted by molar-refractivity contribution is 0.214. The second-order valence-corrected chi connectivity index (χ2v) is 27.5. The van der Waals surface area contributed by atoms with Crippen LogP contribution in [0.2, 0.25) is 0 Å². The minimum atomic E-state index is -0.285. The molecule has 0 saturated carbocycles. The highest BCUT2D eigenvalue weighted by Crippen LogP contribution is 2.60.